The van der Waals surface area contributed by atoms with Crippen LogP contribution >= 0.6 is 11.3 Å². The quantitative estimate of drug-likeness (QED) is 0.291. The summed E-state index contributed by atoms with van der Waals surface area (Å²) < 4.78 is 20.9. The van der Waals surface area contributed by atoms with Gasteiger partial charge in [0.25, 0.3) is 5.91 Å². The zero-order chi connectivity index (χ0) is 26.5. The summed E-state index contributed by atoms with van der Waals surface area (Å²) in [5.74, 6) is -0.781. The third kappa shape index (κ3) is 9.51. The highest BCUT2D eigenvalue weighted by Crippen LogP contribution is 2.30. The molecule has 1 aromatic heterocycles. The maximum Gasteiger partial charge on any atom is 0.328 e. The first-order valence-corrected chi connectivity index (χ1v) is 13.2. The molecule has 10 nitrogen and oxygen atoms in total. The van der Waals surface area contributed by atoms with Crippen LogP contribution in [-0.2, 0) is 35.1 Å². The third-order valence-electron chi connectivity index (χ3n) is 5.91. The fourth-order valence-electron chi connectivity index (χ4n) is 3.75. The zero-order valence-electron chi connectivity index (χ0n) is 21.4. The maximum absolute atomic E-state index is 12.6. The summed E-state index contributed by atoms with van der Waals surface area (Å²) in [6, 6.07) is 8.56. The Morgan fingerprint density at radius 3 is 2.51 bits per heavy atom. The van der Waals surface area contributed by atoms with Crippen molar-refractivity contribution in [1.29, 1.82) is 0 Å². The van der Waals surface area contributed by atoms with Gasteiger partial charge in [0, 0.05) is 31.5 Å². The number of nitrogens with one attached hydrogen (secondary N) is 1. The van der Waals surface area contributed by atoms with Crippen molar-refractivity contribution in [1.82, 2.24) is 15.2 Å². The topological polar surface area (TPSA) is 116 Å². The summed E-state index contributed by atoms with van der Waals surface area (Å²) in [6.45, 7) is 4.81. The molecule has 2 heterocycles. The normalized spacial score (nSPS) is 14.8. The van der Waals surface area contributed by atoms with Crippen molar-refractivity contribution in [3.63, 3.8) is 0 Å². The second kappa shape index (κ2) is 15.4. The molecule has 3 rings (SSSR count). The van der Waals surface area contributed by atoms with Gasteiger partial charge < -0.3 is 29.2 Å². The molecule has 1 aliphatic heterocycles. The molecule has 1 atom stereocenters. The van der Waals surface area contributed by atoms with E-state index in [1.165, 1.54) is 11.3 Å². The Bertz CT molecular complexity index is 993. The smallest absolute Gasteiger partial charge is 0.328 e. The molecular formula is C26H35N3O7S. The molecule has 2 amide bonds. The monoisotopic (exact) mass is 533 g/mol. The second-order valence-electron chi connectivity index (χ2n) is 8.67. The van der Waals surface area contributed by atoms with Gasteiger partial charge in [0.1, 0.15) is 24.9 Å². The first-order chi connectivity index (χ1) is 18.0. The van der Waals surface area contributed by atoms with Crippen LogP contribution in [0.4, 0.5) is 0 Å². The summed E-state index contributed by atoms with van der Waals surface area (Å²) in [4.78, 5) is 43.6. The molecule has 1 N–H and O–H groups in total. The van der Waals surface area contributed by atoms with Crippen molar-refractivity contribution in [2.75, 3.05) is 53.2 Å². The lowest BCUT2D eigenvalue weighted by molar-refractivity contribution is -0.146. The Morgan fingerprint density at radius 1 is 1.08 bits per heavy atom. The van der Waals surface area contributed by atoms with E-state index in [2.05, 4.69) is 10.3 Å². The van der Waals surface area contributed by atoms with E-state index in [4.69, 9.17) is 18.9 Å². The Labute approximate surface area is 221 Å². The van der Waals surface area contributed by atoms with Gasteiger partial charge in [-0.15, -0.1) is 11.3 Å². The molecule has 0 bridgehead atoms. The first kappa shape index (κ1) is 28.7. The lowest BCUT2D eigenvalue weighted by atomic mass is 9.97. The highest BCUT2D eigenvalue weighted by Gasteiger charge is 2.27. The molecule has 1 unspecified atom stereocenters. The number of aromatic nitrogens is 1. The van der Waals surface area contributed by atoms with E-state index in [1.54, 1.807) is 24.3 Å². The molecule has 11 heteroatoms. The third-order valence-corrected chi connectivity index (χ3v) is 6.91. The molecule has 202 valence electrons. The minimum Gasteiger partial charge on any atom is -0.459 e. The van der Waals surface area contributed by atoms with Gasteiger partial charge in [-0.1, -0.05) is 30.3 Å². The van der Waals surface area contributed by atoms with Crippen molar-refractivity contribution in [3.05, 3.63) is 52.0 Å². The number of carbonyl (C=O) groups excluding carboxylic acids is 3. The molecule has 0 spiro atoms. The van der Waals surface area contributed by atoms with Crippen molar-refractivity contribution in [2.45, 2.75) is 38.3 Å². The second-order valence-corrected chi connectivity index (χ2v) is 9.56. The van der Waals surface area contributed by atoms with E-state index in [0.29, 0.717) is 39.5 Å². The number of piperidine rings is 1. The average Bonchev–Trinajstić information content (AvgIpc) is 3.42. The van der Waals surface area contributed by atoms with E-state index in [-0.39, 0.29) is 30.7 Å². The number of methoxy groups -OCH3 is 1. The number of hydrogen-bond acceptors (Lipinski definition) is 9. The number of hydrogen-bond donors (Lipinski definition) is 1. The number of carbonyl (C=O) groups is 3. The minimum absolute atomic E-state index is 0.0336. The van der Waals surface area contributed by atoms with Crippen LogP contribution in [0, 0.1) is 0 Å². The van der Waals surface area contributed by atoms with E-state index in [0.717, 1.165) is 23.4 Å². The van der Waals surface area contributed by atoms with Crippen molar-refractivity contribution in [2.24, 2.45) is 0 Å². The highest BCUT2D eigenvalue weighted by molar-refractivity contribution is 7.09. The van der Waals surface area contributed by atoms with Crippen LogP contribution in [0.15, 0.2) is 35.7 Å². The van der Waals surface area contributed by atoms with Gasteiger partial charge in [0.05, 0.1) is 31.4 Å². The summed E-state index contributed by atoms with van der Waals surface area (Å²) in [6.07, 6.45) is 1.53. The Balaban J connectivity index is 1.36. The Hall–Kier alpha value is -2.86. The van der Waals surface area contributed by atoms with Crippen LogP contribution in [0.3, 0.4) is 0 Å². The summed E-state index contributed by atoms with van der Waals surface area (Å²) in [5, 5.41) is 5.22. The summed E-state index contributed by atoms with van der Waals surface area (Å²) in [7, 11) is 1.61. The molecule has 2 aromatic rings. The van der Waals surface area contributed by atoms with Gasteiger partial charge in [0.15, 0.2) is 0 Å². The van der Waals surface area contributed by atoms with Crippen LogP contribution < -0.4 is 5.32 Å². The minimum atomic E-state index is -0.797. The first-order valence-electron chi connectivity index (χ1n) is 12.4. The van der Waals surface area contributed by atoms with E-state index in [9.17, 15) is 14.4 Å². The number of esters is 1. The Morgan fingerprint density at radius 2 is 1.78 bits per heavy atom. The van der Waals surface area contributed by atoms with Gasteiger partial charge in [0.2, 0.25) is 5.91 Å². The lowest BCUT2D eigenvalue weighted by Gasteiger charge is -2.31. The number of amides is 2. The number of thiazole rings is 1. The standard InChI is InChI=1S/C26H35N3O7S/c1-19(26(32)36-16-20-6-4-3-5-7-20)27-24(31)22-18-37-25(28-22)21-8-10-29(11-9-21)23(30)17-35-15-14-34-13-12-33-2/h3-7,18-19,21H,8-17H2,1-2H3,(H,27,31). The van der Waals surface area contributed by atoms with Crippen LogP contribution in [0.1, 0.15) is 46.7 Å². The van der Waals surface area contributed by atoms with Gasteiger partial charge in [-0.3, -0.25) is 9.59 Å². The van der Waals surface area contributed by atoms with Gasteiger partial charge in [-0.25, -0.2) is 9.78 Å². The molecular weight excluding hydrogens is 498 g/mol. The predicted octanol–water partition coefficient (Wildman–Crippen LogP) is 2.39. The van der Waals surface area contributed by atoms with E-state index in [1.807, 2.05) is 30.3 Å². The highest BCUT2D eigenvalue weighted by atomic mass is 32.1. The zero-order valence-corrected chi connectivity index (χ0v) is 22.2. The number of rotatable bonds is 14. The fourth-order valence-corrected chi connectivity index (χ4v) is 4.72. The maximum atomic E-state index is 12.6. The van der Waals surface area contributed by atoms with E-state index < -0.39 is 17.9 Å². The van der Waals surface area contributed by atoms with Gasteiger partial charge >= 0.3 is 5.97 Å². The summed E-state index contributed by atoms with van der Waals surface area (Å²) in [5.41, 5.74) is 1.16. The molecule has 1 aliphatic rings. The van der Waals surface area contributed by atoms with Crippen molar-refractivity contribution in [3.8, 4) is 0 Å². The van der Waals surface area contributed by atoms with Crippen LogP contribution in [0.25, 0.3) is 0 Å². The predicted molar refractivity (Wildman–Crippen MR) is 137 cm³/mol. The van der Waals surface area contributed by atoms with Crippen LogP contribution in [-0.4, -0.2) is 86.9 Å². The summed E-state index contributed by atoms with van der Waals surface area (Å²) >= 11 is 1.42. The van der Waals surface area contributed by atoms with E-state index >= 15 is 0 Å². The molecule has 1 aromatic carbocycles. The van der Waals surface area contributed by atoms with Crippen molar-refractivity contribution < 1.29 is 33.3 Å². The molecule has 0 saturated carbocycles. The largest absolute Gasteiger partial charge is 0.459 e. The van der Waals surface area contributed by atoms with Gasteiger partial charge in [-0.2, -0.15) is 0 Å². The van der Waals surface area contributed by atoms with Crippen molar-refractivity contribution >= 4 is 29.1 Å². The number of ether oxygens (including phenoxy) is 4. The SMILES string of the molecule is COCCOCCOCC(=O)N1CCC(c2nc(C(=O)NC(C)C(=O)OCc3ccccc3)cs2)CC1. The van der Waals surface area contributed by atoms with Gasteiger partial charge in [-0.05, 0) is 25.3 Å². The number of likely N-dealkylation sites (tertiary alicyclic amines) is 1. The molecule has 1 saturated heterocycles. The molecule has 1 fully saturated rings. The molecule has 0 radical (unpaired) electrons. The number of nitrogens with zero attached hydrogens (tertiary/aromatic N) is 2. The Kier molecular flexibility index (Phi) is 12.0. The molecule has 0 aliphatic carbocycles. The lowest BCUT2D eigenvalue weighted by Crippen LogP contribution is -2.40. The fraction of sp³-hybridized carbons (Fsp3) is 0.538. The van der Waals surface area contributed by atoms with Crippen LogP contribution in [0.5, 0.6) is 0 Å². The number of benzene rings is 1. The molecule has 37 heavy (non-hydrogen) atoms. The average molecular weight is 534 g/mol. The van der Waals surface area contributed by atoms with Crippen LogP contribution in [0.2, 0.25) is 0 Å².